The highest BCUT2D eigenvalue weighted by Gasteiger charge is 2.26. The van der Waals surface area contributed by atoms with Crippen molar-refractivity contribution >= 4 is 82.5 Å². The molecule has 19 aromatic rings. The molecule has 0 saturated carbocycles. The molecule has 8 heteroatoms. The molecule has 0 N–H and O–H groups in total. The normalized spacial score (nSPS) is 11.6. The molecule has 0 spiro atoms. The van der Waals surface area contributed by atoms with Crippen molar-refractivity contribution in [1.82, 2.24) is 33.6 Å². The maximum Gasteiger partial charge on any atom is 0.162 e. The lowest BCUT2D eigenvalue weighted by Crippen LogP contribution is -2.10. The first-order valence-corrected chi connectivity index (χ1v) is 33.9. The third kappa shape index (κ3) is 9.92. The maximum atomic E-state index is 5.62. The van der Waals surface area contributed by atoms with E-state index in [2.05, 4.69) is 358 Å². The molecule has 0 atom stereocenters. The minimum atomic E-state index is 0.629. The molecular weight excluding hydrogens is 1220 g/mol. The van der Waals surface area contributed by atoms with E-state index in [4.69, 9.17) is 19.9 Å². The molecule has 5 aromatic heterocycles. The molecule has 0 aliphatic carbocycles. The van der Waals surface area contributed by atoms with Gasteiger partial charge in [0.1, 0.15) is 0 Å². The maximum absolute atomic E-state index is 5.62. The van der Waals surface area contributed by atoms with Crippen molar-refractivity contribution in [3.63, 3.8) is 0 Å². The van der Waals surface area contributed by atoms with E-state index >= 15 is 0 Å². The van der Waals surface area contributed by atoms with Crippen LogP contribution in [-0.2, 0) is 0 Å². The number of aromatic nitrogens is 7. The molecule has 0 aliphatic rings. The average molecular weight is 1280 g/mol. The fourth-order valence-corrected chi connectivity index (χ4v) is 14.9. The number of rotatable bonds is 13. The zero-order valence-electron chi connectivity index (χ0n) is 54.2. The van der Waals surface area contributed by atoms with Crippen molar-refractivity contribution in [3.05, 3.63) is 364 Å². The molecule has 468 valence electrons. The van der Waals surface area contributed by atoms with Crippen LogP contribution in [0, 0.1) is 0 Å². The Morgan fingerprint density at radius 1 is 0.210 bits per heavy atom. The summed E-state index contributed by atoms with van der Waals surface area (Å²) in [6.07, 6.45) is 0. The molecule has 19 rings (SSSR count). The average Bonchev–Trinajstić information content (AvgIpc) is 1.54. The second kappa shape index (κ2) is 24.3. The van der Waals surface area contributed by atoms with E-state index in [1.54, 1.807) is 0 Å². The van der Waals surface area contributed by atoms with Crippen LogP contribution in [0.3, 0.4) is 0 Å². The molecule has 5 heterocycles. The Balaban J connectivity index is 0.728. The van der Waals surface area contributed by atoms with Gasteiger partial charge in [-0.1, -0.05) is 255 Å². The SMILES string of the molecule is c1ccc(-c2cc(-c3ccccc3-n3c4ccccc4c4cc(N(c5ccccc5)c5cccc(-c6cccc(-c7cc(-c8ccccc8)nc(-c8ccccc8-n8c9ccccc9c9ccc%10c%11ccccc%11n(-c%11ccccc%11)c%10c98)n7)c6)c5)ccc43)nc(-c3ccccc3)n2)cc1. The van der Waals surface area contributed by atoms with Crippen LogP contribution in [-0.4, -0.2) is 33.6 Å². The molecular formula is C92H60N8. The van der Waals surface area contributed by atoms with Gasteiger partial charge in [-0.25, -0.2) is 19.9 Å². The second-order valence-corrected chi connectivity index (χ2v) is 25.3. The van der Waals surface area contributed by atoms with Gasteiger partial charge in [0.05, 0.1) is 67.3 Å². The van der Waals surface area contributed by atoms with E-state index in [0.29, 0.717) is 11.6 Å². The molecule has 0 saturated heterocycles. The highest BCUT2D eigenvalue weighted by atomic mass is 15.1. The molecule has 0 amide bonds. The minimum absolute atomic E-state index is 0.629. The van der Waals surface area contributed by atoms with Gasteiger partial charge in [0.2, 0.25) is 0 Å². The monoisotopic (exact) mass is 1280 g/mol. The van der Waals surface area contributed by atoms with Gasteiger partial charge in [-0.15, -0.1) is 0 Å². The third-order valence-electron chi connectivity index (χ3n) is 19.4. The van der Waals surface area contributed by atoms with E-state index in [-0.39, 0.29) is 0 Å². The summed E-state index contributed by atoms with van der Waals surface area (Å²) >= 11 is 0. The minimum Gasteiger partial charge on any atom is -0.310 e. The summed E-state index contributed by atoms with van der Waals surface area (Å²) < 4.78 is 7.28. The third-order valence-corrected chi connectivity index (χ3v) is 19.4. The van der Waals surface area contributed by atoms with Crippen LogP contribution >= 0.6 is 0 Å². The molecule has 14 aromatic carbocycles. The first kappa shape index (κ1) is 57.9. The smallest absolute Gasteiger partial charge is 0.162 e. The van der Waals surface area contributed by atoms with Crippen LogP contribution in [0.4, 0.5) is 17.1 Å². The predicted molar refractivity (Wildman–Crippen MR) is 413 cm³/mol. The van der Waals surface area contributed by atoms with Crippen LogP contribution in [0.1, 0.15) is 0 Å². The van der Waals surface area contributed by atoms with Crippen molar-refractivity contribution < 1.29 is 0 Å². The van der Waals surface area contributed by atoms with Crippen molar-refractivity contribution in [3.8, 4) is 96.0 Å². The summed E-state index contributed by atoms with van der Waals surface area (Å²) in [5.41, 5.74) is 24.3. The lowest BCUT2D eigenvalue weighted by Gasteiger charge is -2.26. The zero-order valence-corrected chi connectivity index (χ0v) is 54.2. The number of hydrogen-bond donors (Lipinski definition) is 0. The predicted octanol–water partition coefficient (Wildman–Crippen LogP) is 23.7. The number of benzene rings is 14. The summed E-state index contributed by atoms with van der Waals surface area (Å²) in [6, 6.07) is 129. The molecule has 0 unspecified atom stereocenters. The lowest BCUT2D eigenvalue weighted by atomic mass is 9.99. The molecule has 0 bridgehead atoms. The molecule has 0 aliphatic heterocycles. The largest absolute Gasteiger partial charge is 0.310 e. The van der Waals surface area contributed by atoms with Crippen molar-refractivity contribution in [2.24, 2.45) is 0 Å². The number of fused-ring (bicyclic) bond motifs is 10. The topological polar surface area (TPSA) is 69.6 Å². The van der Waals surface area contributed by atoms with Crippen molar-refractivity contribution in [2.75, 3.05) is 4.90 Å². The Morgan fingerprint density at radius 3 is 1.27 bits per heavy atom. The fourth-order valence-electron chi connectivity index (χ4n) is 14.9. The van der Waals surface area contributed by atoms with Crippen LogP contribution in [0.25, 0.3) is 161 Å². The van der Waals surface area contributed by atoms with E-state index in [9.17, 15) is 0 Å². The standard InChI is InChI=1S/C92H60N8/c1-6-28-61(29-7-1)79-59-81(95-92(94-79)77-46-20-25-51-87(77)100-85-49-23-17-43-72(85)75-54-53-74-71-42-16-21-47-83(71)98(89(74)90(75)100)68-39-14-5-15-40-68)66-36-26-34-64(56-66)65-35-27-41-69(57-65)97(67-37-12-4-13-38-67)70-52-55-88-78(58-70)73-44-18-22-48-84(73)99(88)86-50-24-19-45-76(86)82-60-80(62-30-8-2-9-31-62)93-91(96-82)63-32-10-3-11-33-63/h1-60H. The summed E-state index contributed by atoms with van der Waals surface area (Å²) in [6.45, 7) is 0. The molecule has 0 radical (unpaired) electrons. The first-order valence-electron chi connectivity index (χ1n) is 33.9. The zero-order chi connectivity index (χ0) is 66.0. The van der Waals surface area contributed by atoms with Gasteiger partial charge in [0.25, 0.3) is 0 Å². The van der Waals surface area contributed by atoms with Gasteiger partial charge < -0.3 is 18.6 Å². The Morgan fingerprint density at radius 2 is 0.620 bits per heavy atom. The quantitative estimate of drug-likeness (QED) is 0.115. The second-order valence-electron chi connectivity index (χ2n) is 25.3. The van der Waals surface area contributed by atoms with Crippen molar-refractivity contribution in [1.29, 1.82) is 0 Å². The first-order chi connectivity index (χ1) is 49.6. The Hall–Kier alpha value is -13.6. The van der Waals surface area contributed by atoms with Crippen LogP contribution in [0.5, 0.6) is 0 Å². The summed E-state index contributed by atoms with van der Waals surface area (Å²) in [5, 5.41) is 7.01. The number of nitrogens with zero attached hydrogens (tertiary/aromatic N) is 8. The van der Waals surface area contributed by atoms with E-state index in [1.807, 2.05) is 24.3 Å². The van der Waals surface area contributed by atoms with Gasteiger partial charge in [-0.05, 0) is 120 Å². The summed E-state index contributed by atoms with van der Waals surface area (Å²) in [5.74, 6) is 1.30. The molecule has 8 nitrogen and oxygen atoms in total. The van der Waals surface area contributed by atoms with Gasteiger partial charge in [0.15, 0.2) is 11.6 Å². The van der Waals surface area contributed by atoms with Gasteiger partial charge in [-0.3, -0.25) is 0 Å². The highest BCUT2D eigenvalue weighted by Crippen LogP contribution is 2.46. The summed E-state index contributed by atoms with van der Waals surface area (Å²) in [7, 11) is 0. The Kier molecular flexibility index (Phi) is 14.0. The van der Waals surface area contributed by atoms with Crippen LogP contribution in [0.2, 0.25) is 0 Å². The molecule has 0 fully saturated rings. The van der Waals surface area contributed by atoms with Gasteiger partial charge >= 0.3 is 0 Å². The summed E-state index contributed by atoms with van der Waals surface area (Å²) in [4.78, 5) is 24.0. The van der Waals surface area contributed by atoms with E-state index in [1.165, 1.54) is 21.5 Å². The van der Waals surface area contributed by atoms with Gasteiger partial charge in [-0.2, -0.15) is 0 Å². The Labute approximate surface area is 577 Å². The number of hydrogen-bond acceptors (Lipinski definition) is 5. The van der Waals surface area contributed by atoms with E-state index in [0.717, 1.165) is 145 Å². The fraction of sp³-hybridized carbons (Fsp3) is 0. The van der Waals surface area contributed by atoms with Gasteiger partial charge in [0, 0.05) is 88.4 Å². The van der Waals surface area contributed by atoms with Crippen molar-refractivity contribution in [2.45, 2.75) is 0 Å². The number of para-hydroxylation sites is 7. The van der Waals surface area contributed by atoms with Crippen LogP contribution < -0.4 is 4.90 Å². The molecule has 100 heavy (non-hydrogen) atoms. The Bertz CT molecular complexity index is 6280. The number of anilines is 3. The van der Waals surface area contributed by atoms with E-state index < -0.39 is 0 Å². The lowest BCUT2D eigenvalue weighted by molar-refractivity contribution is 1.13. The highest BCUT2D eigenvalue weighted by molar-refractivity contribution is 6.24. The van der Waals surface area contributed by atoms with Crippen LogP contribution in [0.15, 0.2) is 364 Å².